The molecule has 4 nitrogen and oxygen atoms in total. The van der Waals surface area contributed by atoms with Gasteiger partial charge in [-0.15, -0.1) is 0 Å². The Labute approximate surface area is 90.9 Å². The third kappa shape index (κ3) is 2.92. The van der Waals surface area contributed by atoms with E-state index in [1.807, 2.05) is 11.9 Å². The minimum atomic E-state index is 0.150. The lowest BCUT2D eigenvalue weighted by Crippen LogP contribution is -2.41. The summed E-state index contributed by atoms with van der Waals surface area (Å²) in [6.45, 7) is 1.27. The van der Waals surface area contributed by atoms with Gasteiger partial charge in [0.05, 0.1) is 13.2 Å². The van der Waals surface area contributed by atoms with Crippen molar-refractivity contribution in [3.05, 3.63) is 0 Å². The molecule has 0 radical (unpaired) electrons. The summed E-state index contributed by atoms with van der Waals surface area (Å²) in [5.74, 6) is 0.206. The number of amides is 1. The first-order chi connectivity index (χ1) is 7.22. The van der Waals surface area contributed by atoms with E-state index in [1.54, 1.807) is 0 Å². The first-order valence-electron chi connectivity index (χ1n) is 5.83. The number of nitrogens with zero attached hydrogens (tertiary/aromatic N) is 2. The summed E-state index contributed by atoms with van der Waals surface area (Å²) in [4.78, 5) is 15.8. The lowest BCUT2D eigenvalue weighted by atomic mass is 10.4. The minimum absolute atomic E-state index is 0.150. The van der Waals surface area contributed by atoms with Gasteiger partial charge in [0.15, 0.2) is 0 Å². The molecule has 0 heterocycles. The Hall–Kier alpha value is -0.610. The van der Waals surface area contributed by atoms with Crippen molar-refractivity contribution in [2.75, 3.05) is 26.7 Å². The Balaban J connectivity index is 1.79. The third-order valence-corrected chi connectivity index (χ3v) is 3.28. The van der Waals surface area contributed by atoms with Crippen LogP contribution < -0.4 is 0 Å². The minimum Gasteiger partial charge on any atom is -0.395 e. The van der Waals surface area contributed by atoms with Crippen molar-refractivity contribution in [2.24, 2.45) is 0 Å². The van der Waals surface area contributed by atoms with E-state index in [2.05, 4.69) is 4.90 Å². The zero-order valence-electron chi connectivity index (χ0n) is 9.35. The molecule has 0 atom stereocenters. The molecule has 0 unspecified atom stereocenters. The molecule has 0 aromatic rings. The first kappa shape index (κ1) is 10.9. The molecular weight excluding hydrogens is 192 g/mol. The van der Waals surface area contributed by atoms with Crippen LogP contribution in [0.25, 0.3) is 0 Å². The Morgan fingerprint density at radius 1 is 1.27 bits per heavy atom. The molecule has 0 saturated heterocycles. The van der Waals surface area contributed by atoms with Gasteiger partial charge < -0.3 is 10.0 Å². The predicted molar refractivity (Wildman–Crippen MR) is 57.5 cm³/mol. The fourth-order valence-electron chi connectivity index (χ4n) is 1.91. The van der Waals surface area contributed by atoms with Crippen LogP contribution in [0.4, 0.5) is 0 Å². The van der Waals surface area contributed by atoms with Gasteiger partial charge in [0, 0.05) is 25.7 Å². The van der Waals surface area contributed by atoms with Crippen molar-refractivity contribution >= 4 is 5.91 Å². The van der Waals surface area contributed by atoms with Gasteiger partial charge in [-0.2, -0.15) is 0 Å². The smallest absolute Gasteiger partial charge is 0.236 e. The highest BCUT2D eigenvalue weighted by molar-refractivity contribution is 5.78. The van der Waals surface area contributed by atoms with Crippen LogP contribution in [-0.2, 0) is 4.79 Å². The molecule has 4 heteroatoms. The fourth-order valence-corrected chi connectivity index (χ4v) is 1.91. The van der Waals surface area contributed by atoms with Crippen LogP contribution in [-0.4, -0.2) is 59.6 Å². The molecule has 86 valence electrons. The highest BCUT2D eigenvalue weighted by atomic mass is 16.3. The predicted octanol–water partition coefficient (Wildman–Crippen LogP) is 0.0639. The maximum atomic E-state index is 11.8. The maximum Gasteiger partial charge on any atom is 0.236 e. The van der Waals surface area contributed by atoms with Crippen molar-refractivity contribution in [2.45, 2.75) is 37.8 Å². The van der Waals surface area contributed by atoms with Crippen LogP contribution in [0, 0.1) is 0 Å². The molecule has 1 N–H and O–H groups in total. The molecule has 0 bridgehead atoms. The Kier molecular flexibility index (Phi) is 3.26. The molecule has 0 spiro atoms. The molecule has 1 amide bonds. The van der Waals surface area contributed by atoms with Crippen LogP contribution in [0.3, 0.4) is 0 Å². The summed E-state index contributed by atoms with van der Waals surface area (Å²) in [6, 6.07) is 1.04. The first-order valence-corrected chi connectivity index (χ1v) is 5.83. The Morgan fingerprint density at radius 2 is 1.87 bits per heavy atom. The van der Waals surface area contributed by atoms with Gasteiger partial charge in [0.1, 0.15) is 0 Å². The quantitative estimate of drug-likeness (QED) is 0.677. The molecule has 2 aliphatic rings. The van der Waals surface area contributed by atoms with E-state index in [0.29, 0.717) is 25.2 Å². The zero-order valence-corrected chi connectivity index (χ0v) is 9.35. The lowest BCUT2D eigenvalue weighted by molar-refractivity contribution is -0.131. The largest absolute Gasteiger partial charge is 0.395 e. The standard InChI is InChI=1S/C11H20N2O2/c1-12(9-2-3-9)11(15)8-13(6-7-14)10-4-5-10/h9-10,14H,2-8H2,1H3. The van der Waals surface area contributed by atoms with Gasteiger partial charge in [-0.1, -0.05) is 0 Å². The SMILES string of the molecule is CN(C(=O)CN(CCO)C1CC1)C1CC1. The number of hydrogen-bond acceptors (Lipinski definition) is 3. The van der Waals surface area contributed by atoms with Crippen LogP contribution in [0.1, 0.15) is 25.7 Å². The van der Waals surface area contributed by atoms with Gasteiger partial charge in [0.25, 0.3) is 0 Å². The second-order valence-corrected chi connectivity index (χ2v) is 4.66. The van der Waals surface area contributed by atoms with E-state index in [1.165, 1.54) is 12.8 Å². The summed E-state index contributed by atoms with van der Waals surface area (Å²) in [5, 5.41) is 8.92. The van der Waals surface area contributed by atoms with Crippen LogP contribution >= 0.6 is 0 Å². The number of carbonyl (C=O) groups is 1. The fraction of sp³-hybridized carbons (Fsp3) is 0.909. The molecule has 0 aromatic heterocycles. The molecule has 0 aliphatic heterocycles. The molecular formula is C11H20N2O2. The number of carbonyl (C=O) groups excluding carboxylic acids is 1. The van der Waals surface area contributed by atoms with Crippen LogP contribution in [0.2, 0.25) is 0 Å². The molecule has 2 saturated carbocycles. The highest BCUT2D eigenvalue weighted by Crippen LogP contribution is 2.28. The number of aliphatic hydroxyl groups excluding tert-OH is 1. The van der Waals surface area contributed by atoms with E-state index >= 15 is 0 Å². The molecule has 2 rings (SSSR count). The summed E-state index contributed by atoms with van der Waals surface area (Å²) in [5.41, 5.74) is 0. The van der Waals surface area contributed by atoms with Gasteiger partial charge in [0.2, 0.25) is 5.91 Å². The second-order valence-electron chi connectivity index (χ2n) is 4.66. The van der Waals surface area contributed by atoms with E-state index in [0.717, 1.165) is 12.8 Å². The topological polar surface area (TPSA) is 43.8 Å². The Morgan fingerprint density at radius 3 is 2.33 bits per heavy atom. The summed E-state index contributed by atoms with van der Waals surface area (Å²) in [6.07, 6.45) is 4.68. The normalized spacial score (nSPS) is 20.7. The highest BCUT2D eigenvalue weighted by Gasteiger charge is 2.33. The van der Waals surface area contributed by atoms with Crippen LogP contribution in [0.5, 0.6) is 0 Å². The number of aliphatic hydroxyl groups is 1. The molecule has 0 aromatic carbocycles. The lowest BCUT2D eigenvalue weighted by Gasteiger charge is -2.24. The number of hydrogen-bond donors (Lipinski definition) is 1. The monoisotopic (exact) mass is 212 g/mol. The van der Waals surface area contributed by atoms with Crippen molar-refractivity contribution in [3.8, 4) is 0 Å². The number of rotatable bonds is 6. The molecule has 2 aliphatic carbocycles. The van der Waals surface area contributed by atoms with E-state index in [4.69, 9.17) is 5.11 Å². The Bertz CT molecular complexity index is 237. The van der Waals surface area contributed by atoms with E-state index < -0.39 is 0 Å². The van der Waals surface area contributed by atoms with Gasteiger partial charge in [-0.05, 0) is 25.7 Å². The van der Waals surface area contributed by atoms with Crippen LogP contribution in [0.15, 0.2) is 0 Å². The summed E-state index contributed by atoms with van der Waals surface area (Å²) in [7, 11) is 1.89. The number of likely N-dealkylation sites (N-methyl/N-ethyl adjacent to an activating group) is 1. The van der Waals surface area contributed by atoms with Crippen molar-refractivity contribution < 1.29 is 9.90 Å². The summed E-state index contributed by atoms with van der Waals surface area (Å²) >= 11 is 0. The van der Waals surface area contributed by atoms with Crippen molar-refractivity contribution in [1.29, 1.82) is 0 Å². The van der Waals surface area contributed by atoms with Gasteiger partial charge >= 0.3 is 0 Å². The third-order valence-electron chi connectivity index (χ3n) is 3.28. The second kappa shape index (κ2) is 4.49. The van der Waals surface area contributed by atoms with E-state index in [-0.39, 0.29) is 12.5 Å². The van der Waals surface area contributed by atoms with Gasteiger partial charge in [-0.25, -0.2) is 0 Å². The summed E-state index contributed by atoms with van der Waals surface area (Å²) < 4.78 is 0. The van der Waals surface area contributed by atoms with E-state index in [9.17, 15) is 4.79 Å². The van der Waals surface area contributed by atoms with Gasteiger partial charge in [-0.3, -0.25) is 9.69 Å². The maximum absolute atomic E-state index is 11.8. The van der Waals surface area contributed by atoms with Crippen molar-refractivity contribution in [1.82, 2.24) is 9.80 Å². The molecule has 2 fully saturated rings. The zero-order chi connectivity index (χ0) is 10.8. The van der Waals surface area contributed by atoms with Crippen molar-refractivity contribution in [3.63, 3.8) is 0 Å². The average molecular weight is 212 g/mol. The molecule has 15 heavy (non-hydrogen) atoms. The average Bonchev–Trinajstić information content (AvgIpc) is 3.05.